The number of hydrogen-bond donors (Lipinski definition) is 0. The molecule has 0 aliphatic heterocycles. The molecule has 52 heavy (non-hydrogen) atoms. The summed E-state index contributed by atoms with van der Waals surface area (Å²) >= 11 is 0. The minimum atomic E-state index is -0.613. The first-order chi connectivity index (χ1) is 24.9. The SMILES string of the molecule is CC(C)(C)OC(=O)CN(Cc1ccccc1)C(=O)CCSSCCC(=O)O[C@H]1CC[C@@]2(C)C(=CC[C@@H]3[C@@H]2CC[C@]2(C)C(c4cccnc4)=CC[C@@H]32)C1. The molecule has 6 atom stereocenters. The fraction of sp³-hybridized carbons (Fsp3) is 0.581. The van der Waals surface area contributed by atoms with Gasteiger partial charge in [-0.05, 0) is 111 Å². The van der Waals surface area contributed by atoms with Crippen LogP contribution in [-0.2, 0) is 30.4 Å². The fourth-order valence-electron chi connectivity index (χ4n) is 9.61. The second-order valence-electron chi connectivity index (χ2n) is 16.6. The summed E-state index contributed by atoms with van der Waals surface area (Å²) in [6, 6.07) is 14.0. The van der Waals surface area contributed by atoms with Crippen LogP contribution in [0.15, 0.2) is 72.6 Å². The number of amides is 1. The Balaban J connectivity index is 0.927. The Labute approximate surface area is 318 Å². The molecule has 9 heteroatoms. The number of nitrogens with zero attached hydrogens (tertiary/aromatic N) is 2. The van der Waals surface area contributed by atoms with Gasteiger partial charge in [0.25, 0.3) is 0 Å². The summed E-state index contributed by atoms with van der Waals surface area (Å²) in [7, 11) is 3.17. The van der Waals surface area contributed by atoms with Gasteiger partial charge in [0.1, 0.15) is 18.2 Å². The standard InChI is InChI=1S/C43H56N2O5S2/c1-41(2,3)50-40(48)29-45(28-30-10-7-6-8-11-30)38(46)19-24-51-52-25-20-39(47)49-33-17-21-42(4)32(26-33)13-14-34-36-16-15-35(31-12-9-23-44-27-31)43(36,5)22-18-37(34)42/h6-13,15,23,27,33-34,36-37H,14,16-22,24-26,28-29H2,1-5H3/t33-,34-,36-,37-,42-,43+/m0/s1. The molecule has 0 radical (unpaired) electrons. The van der Waals surface area contributed by atoms with E-state index in [0.29, 0.717) is 48.6 Å². The number of aromatic nitrogens is 1. The molecule has 0 spiro atoms. The van der Waals surface area contributed by atoms with E-state index in [2.05, 4.69) is 43.1 Å². The number of carbonyl (C=O) groups excluding carboxylic acids is 3. The van der Waals surface area contributed by atoms with E-state index in [-0.39, 0.29) is 35.4 Å². The van der Waals surface area contributed by atoms with Gasteiger partial charge in [-0.15, -0.1) is 0 Å². The molecule has 0 unspecified atom stereocenters. The van der Waals surface area contributed by atoms with Crippen LogP contribution < -0.4 is 0 Å². The third kappa shape index (κ3) is 9.00. The van der Waals surface area contributed by atoms with Crippen molar-refractivity contribution >= 4 is 45.0 Å². The third-order valence-electron chi connectivity index (χ3n) is 12.1. The van der Waals surface area contributed by atoms with Gasteiger partial charge < -0.3 is 14.4 Å². The highest BCUT2D eigenvalue weighted by Crippen LogP contribution is 2.66. The van der Waals surface area contributed by atoms with E-state index >= 15 is 0 Å². The van der Waals surface area contributed by atoms with Gasteiger partial charge in [-0.1, -0.05) is 89.6 Å². The summed E-state index contributed by atoms with van der Waals surface area (Å²) in [5, 5.41) is 0. The minimum absolute atomic E-state index is 0.0431. The van der Waals surface area contributed by atoms with E-state index in [1.165, 1.54) is 29.6 Å². The second-order valence-corrected chi connectivity index (χ2v) is 19.3. The lowest BCUT2D eigenvalue weighted by Crippen LogP contribution is -2.50. The first-order valence-corrected chi connectivity index (χ1v) is 21.6. The number of rotatable bonds is 13. The molecule has 280 valence electrons. The summed E-state index contributed by atoms with van der Waals surface area (Å²) in [5.74, 6) is 2.64. The van der Waals surface area contributed by atoms with Crippen LogP contribution in [0.4, 0.5) is 0 Å². The van der Waals surface area contributed by atoms with Crippen molar-refractivity contribution in [2.75, 3.05) is 18.1 Å². The van der Waals surface area contributed by atoms with E-state index in [4.69, 9.17) is 9.47 Å². The zero-order valence-electron chi connectivity index (χ0n) is 31.6. The number of benzene rings is 1. The predicted octanol–water partition coefficient (Wildman–Crippen LogP) is 9.48. The molecule has 7 nitrogen and oxygen atoms in total. The monoisotopic (exact) mass is 744 g/mol. The highest BCUT2D eigenvalue weighted by Gasteiger charge is 2.57. The molecule has 0 bridgehead atoms. The topological polar surface area (TPSA) is 85.8 Å². The lowest BCUT2D eigenvalue weighted by molar-refractivity contribution is -0.159. The summed E-state index contributed by atoms with van der Waals surface area (Å²) in [6.07, 6.45) is 17.2. The van der Waals surface area contributed by atoms with Crippen molar-refractivity contribution in [3.05, 3.63) is 83.7 Å². The van der Waals surface area contributed by atoms with Crippen LogP contribution in [0.1, 0.15) is 104 Å². The third-order valence-corrected chi connectivity index (χ3v) is 14.5. The molecule has 2 fully saturated rings. The molecule has 4 aliphatic rings. The number of allylic oxidation sites excluding steroid dienone is 3. The van der Waals surface area contributed by atoms with Gasteiger partial charge in [0.05, 0.1) is 6.42 Å². The zero-order chi connectivity index (χ0) is 36.9. The van der Waals surface area contributed by atoms with E-state index < -0.39 is 11.6 Å². The molecule has 0 saturated heterocycles. The smallest absolute Gasteiger partial charge is 0.326 e. The van der Waals surface area contributed by atoms with Crippen LogP contribution in [0.3, 0.4) is 0 Å². The largest absolute Gasteiger partial charge is 0.462 e. The van der Waals surface area contributed by atoms with Gasteiger partial charge in [-0.3, -0.25) is 19.4 Å². The molecular weight excluding hydrogens is 689 g/mol. The van der Waals surface area contributed by atoms with E-state index in [0.717, 1.165) is 37.7 Å². The van der Waals surface area contributed by atoms with Gasteiger partial charge in [-0.25, -0.2) is 0 Å². The Morgan fingerprint density at radius 2 is 1.63 bits per heavy atom. The van der Waals surface area contributed by atoms with E-state index in [1.807, 2.05) is 63.5 Å². The summed E-state index contributed by atoms with van der Waals surface area (Å²) in [4.78, 5) is 44.6. The minimum Gasteiger partial charge on any atom is -0.462 e. The van der Waals surface area contributed by atoms with Crippen LogP contribution in [0.5, 0.6) is 0 Å². The van der Waals surface area contributed by atoms with Crippen molar-refractivity contribution in [3.63, 3.8) is 0 Å². The van der Waals surface area contributed by atoms with Gasteiger partial charge in [-0.2, -0.15) is 0 Å². The molecule has 4 aliphatic carbocycles. The van der Waals surface area contributed by atoms with E-state index in [9.17, 15) is 14.4 Å². The molecule has 1 aromatic carbocycles. The van der Waals surface area contributed by atoms with Crippen molar-refractivity contribution in [2.45, 2.75) is 111 Å². The Bertz CT molecular complexity index is 1640. The average molecular weight is 745 g/mol. The van der Waals surface area contributed by atoms with Gasteiger partial charge in [0.2, 0.25) is 5.91 Å². The zero-order valence-corrected chi connectivity index (χ0v) is 33.2. The Kier molecular flexibility index (Phi) is 12.3. The highest BCUT2D eigenvalue weighted by atomic mass is 33.1. The quantitative estimate of drug-likeness (QED) is 0.0868. The highest BCUT2D eigenvalue weighted by molar-refractivity contribution is 8.76. The second kappa shape index (κ2) is 16.5. The molecule has 1 amide bonds. The van der Waals surface area contributed by atoms with Crippen LogP contribution in [-0.4, -0.2) is 57.5 Å². The van der Waals surface area contributed by atoms with Crippen molar-refractivity contribution in [1.29, 1.82) is 0 Å². The normalized spacial score (nSPS) is 28.0. The summed E-state index contributed by atoms with van der Waals surface area (Å²) < 4.78 is 11.5. The fourth-order valence-corrected chi connectivity index (χ4v) is 11.6. The number of hydrogen-bond acceptors (Lipinski definition) is 8. The number of ether oxygens (including phenoxy) is 2. The Morgan fingerprint density at radius 1 is 0.885 bits per heavy atom. The summed E-state index contributed by atoms with van der Waals surface area (Å²) in [5.41, 5.74) is 5.07. The Morgan fingerprint density at radius 3 is 2.37 bits per heavy atom. The molecular formula is C43H56N2O5S2. The first-order valence-electron chi connectivity index (χ1n) is 19.1. The van der Waals surface area contributed by atoms with E-state index in [1.54, 1.807) is 26.5 Å². The Hall–Kier alpha value is -3.04. The maximum absolute atomic E-state index is 13.2. The van der Waals surface area contributed by atoms with Gasteiger partial charge in [0.15, 0.2) is 0 Å². The van der Waals surface area contributed by atoms with Gasteiger partial charge >= 0.3 is 11.9 Å². The number of fused-ring (bicyclic) bond motifs is 5. The van der Waals surface area contributed by atoms with Crippen LogP contribution in [0.2, 0.25) is 0 Å². The van der Waals surface area contributed by atoms with Crippen molar-refractivity contribution in [1.82, 2.24) is 9.88 Å². The molecule has 1 aromatic heterocycles. The predicted molar refractivity (Wildman–Crippen MR) is 211 cm³/mol. The van der Waals surface area contributed by atoms with Crippen LogP contribution >= 0.6 is 21.6 Å². The molecule has 0 N–H and O–H groups in total. The van der Waals surface area contributed by atoms with Crippen LogP contribution in [0.25, 0.3) is 5.57 Å². The number of esters is 2. The van der Waals surface area contributed by atoms with Crippen LogP contribution in [0, 0.1) is 28.6 Å². The average Bonchev–Trinajstić information content (AvgIpc) is 3.47. The maximum atomic E-state index is 13.2. The van der Waals surface area contributed by atoms with Crippen molar-refractivity contribution < 1.29 is 23.9 Å². The van der Waals surface area contributed by atoms with Crippen molar-refractivity contribution in [2.24, 2.45) is 28.6 Å². The first kappa shape index (κ1) is 38.7. The molecule has 2 saturated carbocycles. The molecule has 2 aromatic rings. The molecule has 6 rings (SSSR count). The lowest BCUT2D eigenvalue weighted by atomic mass is 9.47. The maximum Gasteiger partial charge on any atom is 0.326 e. The summed E-state index contributed by atoms with van der Waals surface area (Å²) in [6.45, 7) is 10.7. The molecule has 1 heterocycles. The number of carbonyl (C=O) groups is 3. The number of pyridine rings is 1. The van der Waals surface area contributed by atoms with Crippen molar-refractivity contribution in [3.8, 4) is 0 Å². The van der Waals surface area contributed by atoms with Gasteiger partial charge in [0, 0.05) is 43.3 Å². The lowest BCUT2D eigenvalue weighted by Gasteiger charge is -2.57.